The van der Waals surface area contributed by atoms with E-state index in [1.807, 2.05) is 6.92 Å². The van der Waals surface area contributed by atoms with Crippen LogP contribution >= 0.6 is 0 Å². The zero-order chi connectivity index (χ0) is 15.3. The number of carbonyl (C=O) groups is 1. The van der Waals surface area contributed by atoms with Gasteiger partial charge in [0.2, 0.25) is 5.91 Å². The zero-order valence-electron chi connectivity index (χ0n) is 11.9. The van der Waals surface area contributed by atoms with E-state index in [1.54, 1.807) is 6.07 Å². The maximum absolute atomic E-state index is 12.2. The third kappa shape index (κ3) is 4.10. The predicted octanol–water partition coefficient (Wildman–Crippen LogP) is 1.15. The molecule has 0 aromatic heterocycles. The van der Waals surface area contributed by atoms with E-state index in [4.69, 9.17) is 9.47 Å². The van der Waals surface area contributed by atoms with E-state index in [1.165, 1.54) is 12.1 Å². The Bertz CT molecular complexity index is 612. The third-order valence-corrected chi connectivity index (χ3v) is 4.76. The van der Waals surface area contributed by atoms with Crippen molar-refractivity contribution in [2.75, 3.05) is 25.5 Å². The van der Waals surface area contributed by atoms with Gasteiger partial charge in [-0.15, -0.1) is 0 Å². The molecule has 0 spiro atoms. The van der Waals surface area contributed by atoms with Gasteiger partial charge >= 0.3 is 0 Å². The largest absolute Gasteiger partial charge is 0.486 e. The monoisotopic (exact) mass is 313 g/mol. The highest BCUT2D eigenvalue weighted by Gasteiger charge is 2.20. The van der Waals surface area contributed by atoms with Crippen molar-refractivity contribution in [3.8, 4) is 11.5 Å². The van der Waals surface area contributed by atoms with Crippen LogP contribution in [0, 0.1) is 0 Å². The predicted molar refractivity (Wildman–Crippen MR) is 77.4 cm³/mol. The summed E-state index contributed by atoms with van der Waals surface area (Å²) in [6, 6.07) is 4.51. The van der Waals surface area contributed by atoms with Crippen molar-refractivity contribution in [1.82, 2.24) is 5.32 Å². The van der Waals surface area contributed by atoms with Crippen LogP contribution in [-0.2, 0) is 14.6 Å². The molecule has 0 aliphatic carbocycles. The van der Waals surface area contributed by atoms with Gasteiger partial charge in [0.25, 0.3) is 0 Å². The fourth-order valence-electron chi connectivity index (χ4n) is 1.91. The van der Waals surface area contributed by atoms with Gasteiger partial charge in [-0.3, -0.25) is 4.79 Å². The molecular formula is C14H19NO5S. The lowest BCUT2D eigenvalue weighted by Gasteiger charge is -2.18. The molecule has 1 amide bonds. The van der Waals surface area contributed by atoms with E-state index in [0.717, 1.165) is 6.42 Å². The molecule has 0 saturated heterocycles. The van der Waals surface area contributed by atoms with Crippen molar-refractivity contribution in [1.29, 1.82) is 0 Å². The Morgan fingerprint density at radius 2 is 1.95 bits per heavy atom. The van der Waals surface area contributed by atoms with Gasteiger partial charge in [-0.2, -0.15) is 0 Å². The van der Waals surface area contributed by atoms with Gasteiger partial charge < -0.3 is 14.8 Å². The van der Waals surface area contributed by atoms with Crippen molar-refractivity contribution in [3.05, 3.63) is 18.2 Å². The number of nitrogens with one attached hydrogen (secondary N) is 1. The van der Waals surface area contributed by atoms with Crippen molar-refractivity contribution in [3.63, 3.8) is 0 Å². The first kappa shape index (κ1) is 15.6. The summed E-state index contributed by atoms with van der Waals surface area (Å²) < 4.78 is 35.2. The van der Waals surface area contributed by atoms with E-state index < -0.39 is 9.84 Å². The lowest BCUT2D eigenvalue weighted by Crippen LogP contribution is -2.26. The van der Waals surface area contributed by atoms with Gasteiger partial charge in [0.15, 0.2) is 21.3 Å². The molecule has 2 rings (SSSR count). The average Bonchev–Trinajstić information content (AvgIpc) is 2.50. The highest BCUT2D eigenvalue weighted by molar-refractivity contribution is 7.91. The van der Waals surface area contributed by atoms with Gasteiger partial charge in [0.1, 0.15) is 13.2 Å². The van der Waals surface area contributed by atoms with E-state index in [0.29, 0.717) is 31.3 Å². The molecule has 1 aromatic carbocycles. The number of amides is 1. The second-order valence-corrected chi connectivity index (χ2v) is 6.83. The molecule has 1 heterocycles. The van der Waals surface area contributed by atoms with Crippen LogP contribution in [0.3, 0.4) is 0 Å². The highest BCUT2D eigenvalue weighted by atomic mass is 32.2. The summed E-state index contributed by atoms with van der Waals surface area (Å²) in [6.07, 6.45) is 0.775. The summed E-state index contributed by atoms with van der Waals surface area (Å²) in [7, 11) is -3.51. The first-order valence-corrected chi connectivity index (χ1v) is 8.57. The Balaban J connectivity index is 2.04. The number of hydrogen-bond acceptors (Lipinski definition) is 5. The Labute approximate surface area is 124 Å². The first-order chi connectivity index (χ1) is 10.0. The summed E-state index contributed by atoms with van der Waals surface area (Å²) >= 11 is 0. The molecule has 0 radical (unpaired) electrons. The molecule has 0 saturated carbocycles. The van der Waals surface area contributed by atoms with Crippen LogP contribution in [0.1, 0.15) is 19.8 Å². The van der Waals surface area contributed by atoms with Crippen LogP contribution in [0.4, 0.5) is 0 Å². The summed E-state index contributed by atoms with van der Waals surface area (Å²) in [5.74, 6) is 0.499. The quantitative estimate of drug-likeness (QED) is 0.852. The second-order valence-electron chi connectivity index (χ2n) is 4.72. The summed E-state index contributed by atoms with van der Waals surface area (Å²) in [5.41, 5.74) is 0. The minimum atomic E-state index is -3.51. The summed E-state index contributed by atoms with van der Waals surface area (Å²) in [6.45, 7) is 3.35. The number of carbonyl (C=O) groups excluding carboxylic acids is 1. The fourth-order valence-corrected chi connectivity index (χ4v) is 3.17. The Morgan fingerprint density at radius 3 is 2.67 bits per heavy atom. The van der Waals surface area contributed by atoms with E-state index in [9.17, 15) is 13.2 Å². The van der Waals surface area contributed by atoms with Crippen molar-refractivity contribution in [2.24, 2.45) is 0 Å². The molecule has 1 N–H and O–H groups in total. The van der Waals surface area contributed by atoms with Gasteiger partial charge in [-0.1, -0.05) is 6.92 Å². The standard InChI is InChI=1S/C14H19NO5S/c1-2-6-15-14(16)5-9-21(17,18)11-3-4-12-13(10-11)20-8-7-19-12/h3-4,10H,2,5-9H2,1H3,(H,15,16). The number of sulfone groups is 1. The molecule has 1 aliphatic rings. The van der Waals surface area contributed by atoms with Gasteiger partial charge in [0, 0.05) is 19.0 Å². The van der Waals surface area contributed by atoms with Crippen molar-refractivity contribution < 1.29 is 22.7 Å². The SMILES string of the molecule is CCCNC(=O)CCS(=O)(=O)c1ccc2c(c1)OCCO2. The smallest absolute Gasteiger partial charge is 0.221 e. The van der Waals surface area contributed by atoms with Crippen LogP contribution in [0.2, 0.25) is 0 Å². The molecule has 0 fully saturated rings. The molecular weight excluding hydrogens is 294 g/mol. The van der Waals surface area contributed by atoms with E-state index in [2.05, 4.69) is 5.32 Å². The molecule has 1 aliphatic heterocycles. The fraction of sp³-hybridized carbons (Fsp3) is 0.500. The molecule has 21 heavy (non-hydrogen) atoms. The van der Waals surface area contributed by atoms with Crippen LogP contribution in [0.5, 0.6) is 11.5 Å². The Morgan fingerprint density at radius 1 is 1.24 bits per heavy atom. The second kappa shape index (κ2) is 6.80. The minimum absolute atomic E-state index is 0.0449. The van der Waals surface area contributed by atoms with Gasteiger partial charge in [-0.05, 0) is 18.6 Å². The average molecular weight is 313 g/mol. The number of hydrogen-bond donors (Lipinski definition) is 1. The molecule has 0 unspecified atom stereocenters. The van der Waals surface area contributed by atoms with Crippen LogP contribution < -0.4 is 14.8 Å². The lowest BCUT2D eigenvalue weighted by atomic mass is 10.3. The molecule has 7 heteroatoms. The Kier molecular flexibility index (Phi) is 5.06. The van der Waals surface area contributed by atoms with Crippen LogP contribution in [0.15, 0.2) is 23.1 Å². The van der Waals surface area contributed by atoms with E-state index in [-0.39, 0.29) is 23.0 Å². The lowest BCUT2D eigenvalue weighted by molar-refractivity contribution is -0.120. The molecule has 1 aromatic rings. The normalized spacial score (nSPS) is 13.8. The van der Waals surface area contributed by atoms with Crippen LogP contribution in [-0.4, -0.2) is 39.8 Å². The number of benzene rings is 1. The number of ether oxygens (including phenoxy) is 2. The van der Waals surface area contributed by atoms with Crippen molar-refractivity contribution >= 4 is 15.7 Å². The van der Waals surface area contributed by atoms with E-state index >= 15 is 0 Å². The van der Waals surface area contributed by atoms with Crippen molar-refractivity contribution in [2.45, 2.75) is 24.7 Å². The van der Waals surface area contributed by atoms with Crippen LogP contribution in [0.25, 0.3) is 0 Å². The van der Waals surface area contributed by atoms with Gasteiger partial charge in [-0.25, -0.2) is 8.42 Å². The summed E-state index contributed by atoms with van der Waals surface area (Å²) in [5, 5.41) is 2.66. The maximum Gasteiger partial charge on any atom is 0.221 e. The maximum atomic E-state index is 12.2. The number of fused-ring (bicyclic) bond motifs is 1. The Hall–Kier alpha value is -1.76. The molecule has 6 nitrogen and oxygen atoms in total. The zero-order valence-corrected chi connectivity index (χ0v) is 12.7. The highest BCUT2D eigenvalue weighted by Crippen LogP contribution is 2.32. The first-order valence-electron chi connectivity index (χ1n) is 6.92. The summed E-state index contributed by atoms with van der Waals surface area (Å²) in [4.78, 5) is 11.6. The van der Waals surface area contributed by atoms with Gasteiger partial charge in [0.05, 0.1) is 10.6 Å². The number of rotatable bonds is 6. The molecule has 0 bridgehead atoms. The topological polar surface area (TPSA) is 81.7 Å². The minimum Gasteiger partial charge on any atom is -0.486 e. The molecule has 0 atom stereocenters. The molecule has 116 valence electrons. The third-order valence-electron chi connectivity index (χ3n) is 3.04.